The smallest absolute Gasteiger partial charge is 0.0390 e. The van der Waals surface area contributed by atoms with Crippen LogP contribution in [0.25, 0.3) is 11.1 Å². The minimum Gasteiger partial charge on any atom is -0.356 e. The van der Waals surface area contributed by atoms with E-state index in [0.717, 1.165) is 11.6 Å². The molecular formula is C28H29N. The van der Waals surface area contributed by atoms with E-state index in [2.05, 4.69) is 98.9 Å². The molecule has 1 spiro atoms. The molecule has 3 atom stereocenters. The van der Waals surface area contributed by atoms with Crippen molar-refractivity contribution in [1.29, 1.82) is 0 Å². The van der Waals surface area contributed by atoms with E-state index in [4.69, 9.17) is 0 Å². The molecule has 3 aromatic carbocycles. The summed E-state index contributed by atoms with van der Waals surface area (Å²) in [6.45, 7) is 7.65. The summed E-state index contributed by atoms with van der Waals surface area (Å²) >= 11 is 0. The van der Waals surface area contributed by atoms with Gasteiger partial charge in [0, 0.05) is 16.8 Å². The predicted molar refractivity (Wildman–Crippen MR) is 122 cm³/mol. The Balaban J connectivity index is 1.55. The number of hydrogen-bond donors (Lipinski definition) is 1. The maximum absolute atomic E-state index is 3.60. The fraction of sp³-hybridized carbons (Fsp3) is 0.357. The van der Waals surface area contributed by atoms with Crippen LogP contribution in [0.3, 0.4) is 0 Å². The lowest BCUT2D eigenvalue weighted by Crippen LogP contribution is -2.44. The maximum Gasteiger partial charge on any atom is 0.0390 e. The van der Waals surface area contributed by atoms with Crippen LogP contribution in [0.5, 0.6) is 0 Å². The highest BCUT2D eigenvalue weighted by Crippen LogP contribution is 2.77. The molecule has 2 fully saturated rings. The number of benzene rings is 3. The molecule has 2 saturated carbocycles. The van der Waals surface area contributed by atoms with Gasteiger partial charge in [0.15, 0.2) is 0 Å². The quantitative estimate of drug-likeness (QED) is 0.485. The highest BCUT2D eigenvalue weighted by Gasteiger charge is 2.71. The van der Waals surface area contributed by atoms with Crippen LogP contribution < -0.4 is 5.32 Å². The summed E-state index contributed by atoms with van der Waals surface area (Å²) in [5, 5.41) is 3.60. The van der Waals surface area contributed by atoms with Gasteiger partial charge in [0.1, 0.15) is 0 Å². The molecule has 0 heterocycles. The van der Waals surface area contributed by atoms with Gasteiger partial charge in [0.25, 0.3) is 0 Å². The van der Waals surface area contributed by atoms with Crippen molar-refractivity contribution in [2.45, 2.75) is 45.4 Å². The minimum atomic E-state index is 0.163. The summed E-state index contributed by atoms with van der Waals surface area (Å²) in [6.07, 6.45) is 4.02. The Hall–Kier alpha value is -2.54. The molecule has 0 radical (unpaired) electrons. The van der Waals surface area contributed by atoms with E-state index < -0.39 is 0 Å². The first-order valence-electron chi connectivity index (χ1n) is 11.0. The van der Waals surface area contributed by atoms with Crippen molar-refractivity contribution < 1.29 is 0 Å². The third kappa shape index (κ3) is 1.96. The zero-order valence-electron chi connectivity index (χ0n) is 17.6. The Morgan fingerprint density at radius 3 is 2.21 bits per heavy atom. The lowest BCUT2D eigenvalue weighted by Gasteiger charge is -2.48. The second-order valence-electron chi connectivity index (χ2n) is 10.2. The van der Waals surface area contributed by atoms with Gasteiger partial charge >= 0.3 is 0 Å². The summed E-state index contributed by atoms with van der Waals surface area (Å²) in [4.78, 5) is 0. The van der Waals surface area contributed by atoms with Gasteiger partial charge in [-0.1, -0.05) is 69.3 Å². The normalized spacial score (nSPS) is 30.4. The lowest BCUT2D eigenvalue weighted by atomic mass is 9.55. The first kappa shape index (κ1) is 17.3. The van der Waals surface area contributed by atoms with Crippen LogP contribution in [0.1, 0.15) is 51.2 Å². The third-order valence-electron chi connectivity index (χ3n) is 9.15. The Kier molecular flexibility index (Phi) is 3.31. The first-order chi connectivity index (χ1) is 14.0. The fourth-order valence-electron chi connectivity index (χ4n) is 7.27. The van der Waals surface area contributed by atoms with E-state index in [1.54, 1.807) is 11.1 Å². The zero-order chi connectivity index (χ0) is 19.9. The number of nitrogens with one attached hydrogen (secondary N) is 1. The molecule has 2 bridgehead atoms. The highest BCUT2D eigenvalue weighted by atomic mass is 14.9. The molecule has 3 aromatic rings. The zero-order valence-corrected chi connectivity index (χ0v) is 17.6. The van der Waals surface area contributed by atoms with Crippen LogP contribution in [0.2, 0.25) is 0 Å². The van der Waals surface area contributed by atoms with Crippen molar-refractivity contribution in [3.05, 3.63) is 83.9 Å². The molecule has 1 nitrogen and oxygen atoms in total. The average Bonchev–Trinajstić information content (AvgIpc) is 3.20. The van der Waals surface area contributed by atoms with Crippen molar-refractivity contribution in [2.75, 3.05) is 5.32 Å². The summed E-state index contributed by atoms with van der Waals surface area (Å²) in [5.74, 6) is 0.814. The summed E-state index contributed by atoms with van der Waals surface area (Å²) in [6, 6.07) is 26.8. The molecule has 1 heteroatoms. The first-order valence-corrected chi connectivity index (χ1v) is 11.0. The van der Waals surface area contributed by atoms with Gasteiger partial charge < -0.3 is 5.32 Å². The minimum absolute atomic E-state index is 0.163. The second-order valence-corrected chi connectivity index (χ2v) is 10.2. The van der Waals surface area contributed by atoms with E-state index >= 15 is 0 Å². The molecule has 3 aliphatic rings. The standard InChI is InChI=1S/C28H29N/c1-26(2)19-15-16-27(26,3)28(18-19)24-12-8-7-11-22(24)23-17-21(13-14-25(23)28)29-20-9-5-4-6-10-20/h4-14,17,19,29H,15-16,18H2,1-3H3. The van der Waals surface area contributed by atoms with Gasteiger partial charge in [-0.2, -0.15) is 0 Å². The molecule has 3 unspecified atom stereocenters. The van der Waals surface area contributed by atoms with Gasteiger partial charge in [-0.3, -0.25) is 0 Å². The van der Waals surface area contributed by atoms with Crippen molar-refractivity contribution in [2.24, 2.45) is 16.7 Å². The molecule has 0 amide bonds. The van der Waals surface area contributed by atoms with Crippen LogP contribution in [-0.4, -0.2) is 0 Å². The molecule has 29 heavy (non-hydrogen) atoms. The van der Waals surface area contributed by atoms with E-state index in [0.29, 0.717) is 10.8 Å². The van der Waals surface area contributed by atoms with Crippen molar-refractivity contribution in [1.82, 2.24) is 0 Å². The number of rotatable bonds is 2. The molecular weight excluding hydrogens is 350 g/mol. The van der Waals surface area contributed by atoms with Crippen LogP contribution >= 0.6 is 0 Å². The SMILES string of the molecule is CC1(C)C2CCC1(C)C1(C2)c2ccccc2-c2cc(Nc3ccccc3)ccc21. The third-order valence-corrected chi connectivity index (χ3v) is 9.15. The van der Waals surface area contributed by atoms with Crippen LogP contribution in [-0.2, 0) is 5.41 Å². The molecule has 6 rings (SSSR count). The number of anilines is 2. The van der Waals surface area contributed by atoms with Crippen LogP contribution in [0.15, 0.2) is 72.8 Å². The molecule has 0 aliphatic heterocycles. The monoisotopic (exact) mass is 379 g/mol. The van der Waals surface area contributed by atoms with E-state index in [9.17, 15) is 0 Å². The Bertz CT molecular complexity index is 1110. The predicted octanol–water partition coefficient (Wildman–Crippen LogP) is 7.54. The van der Waals surface area contributed by atoms with Crippen molar-refractivity contribution >= 4 is 11.4 Å². The van der Waals surface area contributed by atoms with Gasteiger partial charge in [-0.05, 0) is 82.5 Å². The van der Waals surface area contributed by atoms with Crippen molar-refractivity contribution in [3.8, 4) is 11.1 Å². The highest BCUT2D eigenvalue weighted by molar-refractivity contribution is 5.85. The Morgan fingerprint density at radius 1 is 0.759 bits per heavy atom. The number of para-hydroxylation sites is 1. The molecule has 0 saturated heterocycles. The van der Waals surface area contributed by atoms with Gasteiger partial charge in [-0.15, -0.1) is 0 Å². The van der Waals surface area contributed by atoms with E-state index in [-0.39, 0.29) is 5.41 Å². The topological polar surface area (TPSA) is 12.0 Å². The lowest BCUT2D eigenvalue weighted by molar-refractivity contribution is 0.0990. The number of hydrogen-bond acceptors (Lipinski definition) is 1. The van der Waals surface area contributed by atoms with Crippen molar-refractivity contribution in [3.63, 3.8) is 0 Å². The van der Waals surface area contributed by atoms with E-state index in [1.165, 1.54) is 36.1 Å². The summed E-state index contributed by atoms with van der Waals surface area (Å²) in [5.41, 5.74) is 9.19. The molecule has 146 valence electrons. The Labute approximate surface area is 174 Å². The van der Waals surface area contributed by atoms with Crippen LogP contribution in [0.4, 0.5) is 11.4 Å². The Morgan fingerprint density at radius 2 is 1.48 bits per heavy atom. The van der Waals surface area contributed by atoms with E-state index in [1.807, 2.05) is 0 Å². The summed E-state index contributed by atoms with van der Waals surface area (Å²) in [7, 11) is 0. The maximum atomic E-state index is 3.60. The molecule has 1 N–H and O–H groups in total. The largest absolute Gasteiger partial charge is 0.356 e. The molecule has 0 aromatic heterocycles. The molecule has 3 aliphatic carbocycles. The van der Waals surface area contributed by atoms with Gasteiger partial charge in [0.05, 0.1) is 0 Å². The van der Waals surface area contributed by atoms with Crippen LogP contribution in [0, 0.1) is 16.7 Å². The van der Waals surface area contributed by atoms with Gasteiger partial charge in [0.2, 0.25) is 0 Å². The fourth-order valence-corrected chi connectivity index (χ4v) is 7.27. The summed E-state index contributed by atoms with van der Waals surface area (Å²) < 4.78 is 0. The second kappa shape index (κ2) is 5.53. The van der Waals surface area contributed by atoms with Gasteiger partial charge in [-0.25, -0.2) is 0 Å². The average molecular weight is 380 g/mol. The number of fused-ring (bicyclic) bond motifs is 8.